The SMILES string of the molecule is COc1cc(C(=O)OCC(=O)C(C#N)=C2N(C)c3ccccc3N2C)ccc1C. The van der Waals surface area contributed by atoms with Crippen LogP contribution in [0.5, 0.6) is 5.75 Å². The van der Waals surface area contributed by atoms with Gasteiger partial charge in [-0.2, -0.15) is 5.26 Å². The molecule has 0 N–H and O–H groups in total. The van der Waals surface area contributed by atoms with E-state index in [1.165, 1.54) is 7.11 Å². The van der Waals surface area contributed by atoms with Crippen LogP contribution >= 0.6 is 0 Å². The standard InChI is InChI=1S/C22H21N3O4/c1-14-9-10-15(11-20(14)28-4)22(27)29-13-19(26)16(12-23)21-24(2)17-7-5-6-8-18(17)25(21)3/h5-11H,13H2,1-4H3. The van der Waals surface area contributed by atoms with E-state index < -0.39 is 18.4 Å². The fraction of sp³-hybridized carbons (Fsp3) is 0.227. The maximum Gasteiger partial charge on any atom is 0.338 e. The molecule has 0 fully saturated rings. The average molecular weight is 391 g/mol. The summed E-state index contributed by atoms with van der Waals surface area (Å²) < 4.78 is 10.4. The number of methoxy groups -OCH3 is 1. The molecule has 0 amide bonds. The van der Waals surface area contributed by atoms with Gasteiger partial charge in [0.05, 0.1) is 24.0 Å². The predicted molar refractivity (Wildman–Crippen MR) is 109 cm³/mol. The molecule has 7 nitrogen and oxygen atoms in total. The number of hydrogen-bond acceptors (Lipinski definition) is 7. The number of fused-ring (bicyclic) bond motifs is 1. The van der Waals surface area contributed by atoms with E-state index in [0.717, 1.165) is 16.9 Å². The van der Waals surface area contributed by atoms with Gasteiger partial charge in [0.1, 0.15) is 23.2 Å². The molecule has 148 valence electrons. The van der Waals surface area contributed by atoms with Crippen LogP contribution in [0.4, 0.5) is 11.4 Å². The van der Waals surface area contributed by atoms with Crippen LogP contribution < -0.4 is 14.5 Å². The van der Waals surface area contributed by atoms with Crippen LogP contribution in [0.3, 0.4) is 0 Å². The van der Waals surface area contributed by atoms with E-state index in [2.05, 4.69) is 0 Å². The molecule has 0 radical (unpaired) electrons. The molecular weight excluding hydrogens is 370 g/mol. The van der Waals surface area contributed by atoms with E-state index in [1.54, 1.807) is 42.1 Å². The minimum Gasteiger partial charge on any atom is -0.496 e. The Hall–Kier alpha value is -3.79. The fourth-order valence-electron chi connectivity index (χ4n) is 3.29. The lowest BCUT2D eigenvalue weighted by molar-refractivity contribution is -0.118. The van der Waals surface area contributed by atoms with Gasteiger partial charge in [0.2, 0.25) is 5.78 Å². The third kappa shape index (κ3) is 3.65. The number of nitrogens with zero attached hydrogens (tertiary/aromatic N) is 3. The van der Waals surface area contributed by atoms with E-state index >= 15 is 0 Å². The van der Waals surface area contributed by atoms with Crippen molar-refractivity contribution in [2.24, 2.45) is 0 Å². The van der Waals surface area contributed by atoms with Crippen molar-refractivity contribution >= 4 is 23.1 Å². The molecule has 1 heterocycles. The second-order valence-electron chi connectivity index (χ2n) is 6.60. The van der Waals surface area contributed by atoms with E-state index in [9.17, 15) is 14.9 Å². The highest BCUT2D eigenvalue weighted by atomic mass is 16.5. The quantitative estimate of drug-likeness (QED) is 0.440. The van der Waals surface area contributed by atoms with Crippen molar-refractivity contribution in [3.05, 3.63) is 65.0 Å². The van der Waals surface area contributed by atoms with Crippen LogP contribution in [0.2, 0.25) is 0 Å². The Morgan fingerprint density at radius 1 is 1.07 bits per heavy atom. The smallest absolute Gasteiger partial charge is 0.338 e. The van der Waals surface area contributed by atoms with E-state index in [4.69, 9.17) is 9.47 Å². The van der Waals surface area contributed by atoms with Crippen LogP contribution in [0, 0.1) is 18.3 Å². The molecule has 7 heteroatoms. The third-order valence-electron chi connectivity index (χ3n) is 4.83. The number of carbonyl (C=O) groups is 2. The first-order valence-electron chi connectivity index (χ1n) is 8.94. The summed E-state index contributed by atoms with van der Waals surface area (Å²) >= 11 is 0. The van der Waals surface area contributed by atoms with Crippen molar-refractivity contribution < 1.29 is 19.1 Å². The highest BCUT2D eigenvalue weighted by molar-refractivity contribution is 6.04. The number of para-hydroxylation sites is 2. The van der Waals surface area contributed by atoms with Gasteiger partial charge in [-0.05, 0) is 36.8 Å². The lowest BCUT2D eigenvalue weighted by atomic mass is 10.1. The molecular formula is C22H21N3O4. The molecule has 2 aromatic carbocycles. The van der Waals surface area contributed by atoms with Gasteiger partial charge in [0, 0.05) is 14.1 Å². The zero-order valence-corrected chi connectivity index (χ0v) is 16.7. The molecule has 3 rings (SSSR count). The van der Waals surface area contributed by atoms with Gasteiger partial charge in [-0.3, -0.25) is 4.79 Å². The van der Waals surface area contributed by atoms with Gasteiger partial charge in [-0.15, -0.1) is 0 Å². The largest absolute Gasteiger partial charge is 0.496 e. The molecule has 1 aliphatic rings. The van der Waals surface area contributed by atoms with Crippen molar-refractivity contribution in [2.45, 2.75) is 6.92 Å². The number of benzene rings is 2. The fourth-order valence-corrected chi connectivity index (χ4v) is 3.29. The normalized spacial score (nSPS) is 12.3. The number of carbonyl (C=O) groups excluding carboxylic acids is 2. The number of ketones is 1. The van der Waals surface area contributed by atoms with Crippen LogP contribution in [-0.2, 0) is 9.53 Å². The summed E-state index contributed by atoms with van der Waals surface area (Å²) in [5, 5.41) is 9.61. The second kappa shape index (κ2) is 8.07. The minimum atomic E-state index is -0.657. The van der Waals surface area contributed by atoms with E-state index in [-0.39, 0.29) is 11.1 Å². The lowest BCUT2D eigenvalue weighted by Gasteiger charge is -2.19. The second-order valence-corrected chi connectivity index (χ2v) is 6.60. The maximum absolute atomic E-state index is 12.7. The van der Waals surface area contributed by atoms with Gasteiger partial charge in [-0.1, -0.05) is 18.2 Å². The number of nitriles is 1. The Morgan fingerprint density at radius 2 is 1.69 bits per heavy atom. The molecule has 1 aliphatic heterocycles. The summed E-state index contributed by atoms with van der Waals surface area (Å²) in [6.07, 6.45) is 0. The Morgan fingerprint density at radius 3 is 2.24 bits per heavy atom. The number of esters is 1. The van der Waals surface area contributed by atoms with Crippen molar-refractivity contribution in [1.29, 1.82) is 5.26 Å². The van der Waals surface area contributed by atoms with Gasteiger partial charge in [0.15, 0.2) is 6.61 Å². The summed E-state index contributed by atoms with van der Waals surface area (Å²) in [5.41, 5.74) is 2.85. The summed E-state index contributed by atoms with van der Waals surface area (Å²) in [4.78, 5) is 28.6. The highest BCUT2D eigenvalue weighted by Crippen LogP contribution is 2.40. The van der Waals surface area contributed by atoms with E-state index in [0.29, 0.717) is 11.6 Å². The average Bonchev–Trinajstić information content (AvgIpc) is 2.98. The van der Waals surface area contributed by atoms with Gasteiger partial charge < -0.3 is 19.3 Å². The van der Waals surface area contributed by atoms with Crippen molar-refractivity contribution in [2.75, 3.05) is 37.6 Å². The summed E-state index contributed by atoms with van der Waals surface area (Å²) in [6.45, 7) is 1.33. The third-order valence-corrected chi connectivity index (χ3v) is 4.83. The number of rotatable bonds is 5. The molecule has 0 atom stereocenters. The van der Waals surface area contributed by atoms with Crippen molar-refractivity contribution in [3.8, 4) is 11.8 Å². The number of Topliss-reactive ketones (excluding diaryl/α,β-unsaturated/α-hetero) is 1. The molecule has 0 bridgehead atoms. The molecule has 0 spiro atoms. The summed E-state index contributed by atoms with van der Waals surface area (Å²) in [6, 6.07) is 14.4. The monoisotopic (exact) mass is 391 g/mol. The van der Waals surface area contributed by atoms with Crippen LogP contribution in [0.1, 0.15) is 15.9 Å². The maximum atomic E-state index is 12.7. The molecule has 29 heavy (non-hydrogen) atoms. The topological polar surface area (TPSA) is 82.9 Å². The minimum absolute atomic E-state index is 0.0690. The number of aryl methyl sites for hydroxylation is 1. The first kappa shape index (κ1) is 20.0. The molecule has 2 aromatic rings. The van der Waals surface area contributed by atoms with Crippen molar-refractivity contribution in [3.63, 3.8) is 0 Å². The summed E-state index contributed by atoms with van der Waals surface area (Å²) in [7, 11) is 5.08. The lowest BCUT2D eigenvalue weighted by Crippen LogP contribution is -2.27. The molecule has 0 saturated carbocycles. The number of hydrogen-bond donors (Lipinski definition) is 0. The Bertz CT molecular complexity index is 1020. The molecule has 0 aliphatic carbocycles. The Kier molecular flexibility index (Phi) is 5.55. The van der Waals surface area contributed by atoms with Gasteiger partial charge >= 0.3 is 5.97 Å². The first-order chi connectivity index (χ1) is 13.9. The zero-order chi connectivity index (χ0) is 21.1. The van der Waals surface area contributed by atoms with Gasteiger partial charge in [0.25, 0.3) is 0 Å². The summed E-state index contributed by atoms with van der Waals surface area (Å²) in [5.74, 6) is -0.221. The molecule has 0 saturated heterocycles. The van der Waals surface area contributed by atoms with Gasteiger partial charge in [-0.25, -0.2) is 4.79 Å². The number of ether oxygens (including phenoxy) is 2. The predicted octanol–water partition coefficient (Wildman–Crippen LogP) is 3.05. The van der Waals surface area contributed by atoms with Crippen LogP contribution in [-0.4, -0.2) is 39.6 Å². The van der Waals surface area contributed by atoms with Crippen LogP contribution in [0.15, 0.2) is 53.9 Å². The highest BCUT2D eigenvalue weighted by Gasteiger charge is 2.31. The molecule has 0 aromatic heterocycles. The Labute approximate surface area is 169 Å². The zero-order valence-electron chi connectivity index (χ0n) is 16.7. The van der Waals surface area contributed by atoms with Crippen LogP contribution in [0.25, 0.3) is 0 Å². The molecule has 0 unspecified atom stereocenters. The first-order valence-corrected chi connectivity index (χ1v) is 8.94. The number of anilines is 2. The Balaban J connectivity index is 1.79. The van der Waals surface area contributed by atoms with Crippen molar-refractivity contribution in [1.82, 2.24) is 0 Å². The van der Waals surface area contributed by atoms with E-state index in [1.807, 2.05) is 37.3 Å².